The van der Waals surface area contributed by atoms with Gasteiger partial charge in [-0.25, -0.2) is 0 Å². The molecule has 0 aromatic heterocycles. The molecular formula is C24H23N3O6. The van der Waals surface area contributed by atoms with Crippen LogP contribution in [0.15, 0.2) is 60.7 Å². The maximum absolute atomic E-state index is 12.2. The molecule has 9 heteroatoms. The lowest BCUT2D eigenvalue weighted by atomic mass is 10.1. The van der Waals surface area contributed by atoms with Gasteiger partial charge >= 0.3 is 5.97 Å². The fourth-order valence-electron chi connectivity index (χ4n) is 3.24. The summed E-state index contributed by atoms with van der Waals surface area (Å²) >= 11 is 0. The van der Waals surface area contributed by atoms with E-state index in [1.165, 1.54) is 18.2 Å². The summed E-state index contributed by atoms with van der Waals surface area (Å²) in [4.78, 5) is 46.5. The Morgan fingerprint density at radius 2 is 1.70 bits per heavy atom. The number of carbonyl (C=O) groups excluding carboxylic acids is 3. The minimum absolute atomic E-state index is 0.0216. The van der Waals surface area contributed by atoms with Crippen LogP contribution in [0.1, 0.15) is 24.8 Å². The van der Waals surface area contributed by atoms with Crippen molar-refractivity contribution >= 4 is 45.6 Å². The van der Waals surface area contributed by atoms with Crippen molar-refractivity contribution < 1.29 is 24.0 Å². The average molecular weight is 449 g/mol. The van der Waals surface area contributed by atoms with Crippen molar-refractivity contribution in [2.45, 2.75) is 26.2 Å². The van der Waals surface area contributed by atoms with Crippen LogP contribution in [0.3, 0.4) is 0 Å². The van der Waals surface area contributed by atoms with Crippen molar-refractivity contribution in [1.29, 1.82) is 0 Å². The summed E-state index contributed by atoms with van der Waals surface area (Å²) < 4.78 is 4.92. The van der Waals surface area contributed by atoms with E-state index in [4.69, 9.17) is 4.74 Å². The third-order valence-corrected chi connectivity index (χ3v) is 4.90. The molecule has 0 radical (unpaired) electrons. The van der Waals surface area contributed by atoms with Crippen LogP contribution in [0.25, 0.3) is 10.8 Å². The molecule has 0 fully saturated rings. The average Bonchev–Trinajstić information content (AvgIpc) is 2.79. The Balaban J connectivity index is 1.39. The first-order valence-electron chi connectivity index (χ1n) is 10.3. The van der Waals surface area contributed by atoms with E-state index in [1.807, 2.05) is 42.5 Å². The van der Waals surface area contributed by atoms with Crippen molar-refractivity contribution in [3.8, 4) is 0 Å². The molecule has 170 valence electrons. The van der Waals surface area contributed by atoms with Gasteiger partial charge in [-0.1, -0.05) is 42.5 Å². The van der Waals surface area contributed by atoms with E-state index < -0.39 is 23.4 Å². The smallest absolute Gasteiger partial charge is 0.306 e. The number of nitrogens with one attached hydrogen (secondary N) is 2. The topological polar surface area (TPSA) is 128 Å². The summed E-state index contributed by atoms with van der Waals surface area (Å²) in [6.07, 6.45) is 0.366. The van der Waals surface area contributed by atoms with E-state index >= 15 is 0 Å². The second-order valence-corrected chi connectivity index (χ2v) is 7.40. The van der Waals surface area contributed by atoms with Crippen LogP contribution < -0.4 is 10.6 Å². The minimum Gasteiger partial charge on any atom is -0.456 e. The Labute approximate surface area is 189 Å². The number of ether oxygens (including phenoxy) is 1. The van der Waals surface area contributed by atoms with Crippen molar-refractivity contribution in [2.24, 2.45) is 0 Å². The third-order valence-electron chi connectivity index (χ3n) is 4.90. The zero-order valence-corrected chi connectivity index (χ0v) is 18.0. The first kappa shape index (κ1) is 23.4. The molecule has 0 heterocycles. The lowest BCUT2D eigenvalue weighted by molar-refractivity contribution is -0.385. The fourth-order valence-corrected chi connectivity index (χ4v) is 3.24. The van der Waals surface area contributed by atoms with Crippen molar-refractivity contribution in [3.63, 3.8) is 0 Å². The zero-order chi connectivity index (χ0) is 23.8. The fraction of sp³-hybridized carbons (Fsp3) is 0.208. The zero-order valence-electron chi connectivity index (χ0n) is 18.0. The van der Waals surface area contributed by atoms with Gasteiger partial charge in [0.1, 0.15) is 0 Å². The highest BCUT2D eigenvalue weighted by molar-refractivity contribution is 6.02. The first-order chi connectivity index (χ1) is 15.8. The number of anilines is 2. The van der Waals surface area contributed by atoms with Crippen molar-refractivity contribution in [3.05, 3.63) is 76.3 Å². The molecule has 9 nitrogen and oxygen atoms in total. The Kier molecular flexibility index (Phi) is 7.69. The van der Waals surface area contributed by atoms with Gasteiger partial charge in [0, 0.05) is 41.2 Å². The predicted molar refractivity (Wildman–Crippen MR) is 124 cm³/mol. The summed E-state index contributed by atoms with van der Waals surface area (Å²) in [6.45, 7) is 1.07. The van der Waals surface area contributed by atoms with Crippen molar-refractivity contribution in [2.75, 3.05) is 17.2 Å². The van der Waals surface area contributed by atoms with E-state index in [0.717, 1.165) is 10.8 Å². The van der Waals surface area contributed by atoms with Crippen LogP contribution in [0.2, 0.25) is 0 Å². The number of fused-ring (bicyclic) bond motifs is 1. The van der Waals surface area contributed by atoms with Crippen LogP contribution in [-0.4, -0.2) is 29.3 Å². The van der Waals surface area contributed by atoms with E-state index in [0.29, 0.717) is 11.3 Å². The number of amides is 2. The van der Waals surface area contributed by atoms with Crippen LogP contribution >= 0.6 is 0 Å². The number of hydrogen-bond donors (Lipinski definition) is 2. The molecule has 0 atom stereocenters. The number of carbonyl (C=O) groups is 3. The highest BCUT2D eigenvalue weighted by Gasteiger charge is 2.14. The number of aryl methyl sites for hydroxylation is 1. The Morgan fingerprint density at radius 1 is 0.939 bits per heavy atom. The normalized spacial score (nSPS) is 10.5. The van der Waals surface area contributed by atoms with Gasteiger partial charge in [0.15, 0.2) is 6.61 Å². The van der Waals surface area contributed by atoms with Gasteiger partial charge in [-0.3, -0.25) is 24.5 Å². The largest absolute Gasteiger partial charge is 0.456 e. The van der Waals surface area contributed by atoms with Crippen LogP contribution in [0.5, 0.6) is 0 Å². The van der Waals surface area contributed by atoms with Crippen LogP contribution in [0, 0.1) is 17.0 Å². The van der Waals surface area contributed by atoms with Gasteiger partial charge in [-0.05, 0) is 30.9 Å². The maximum Gasteiger partial charge on any atom is 0.306 e. The summed E-state index contributed by atoms with van der Waals surface area (Å²) in [7, 11) is 0. The standard InChI is InChI=1S/C24H23N3O6/c1-16-12-13-18(14-21(16)27(31)32)25-23(29)15-33-24(30)11-5-10-22(28)26-20-9-4-7-17-6-2-3-8-19(17)20/h2-4,6-9,12-14H,5,10-11,15H2,1H3,(H,25,29)(H,26,28). The molecule has 0 bridgehead atoms. The van der Waals surface area contributed by atoms with E-state index in [-0.39, 0.29) is 36.5 Å². The van der Waals surface area contributed by atoms with Gasteiger partial charge in [0.2, 0.25) is 5.91 Å². The number of nitro benzene ring substituents is 1. The lowest BCUT2D eigenvalue weighted by Gasteiger charge is -2.09. The molecule has 0 spiro atoms. The highest BCUT2D eigenvalue weighted by atomic mass is 16.6. The van der Waals surface area contributed by atoms with Crippen LogP contribution in [0.4, 0.5) is 17.1 Å². The second-order valence-electron chi connectivity index (χ2n) is 7.40. The molecule has 0 unspecified atom stereocenters. The number of rotatable bonds is 9. The monoisotopic (exact) mass is 449 g/mol. The number of nitro groups is 1. The van der Waals surface area contributed by atoms with Gasteiger partial charge < -0.3 is 15.4 Å². The number of nitrogens with zero attached hydrogens (tertiary/aromatic N) is 1. The molecule has 3 aromatic rings. The van der Waals surface area contributed by atoms with E-state index in [1.54, 1.807) is 6.92 Å². The van der Waals surface area contributed by atoms with Gasteiger partial charge in [-0.2, -0.15) is 0 Å². The predicted octanol–water partition coefficient (Wildman–Crippen LogP) is 4.35. The Hall–Kier alpha value is -4.27. The van der Waals surface area contributed by atoms with Gasteiger partial charge in [0.05, 0.1) is 4.92 Å². The Bertz CT molecular complexity index is 1200. The summed E-state index contributed by atoms with van der Waals surface area (Å²) in [5.74, 6) is -1.45. The molecular weight excluding hydrogens is 426 g/mol. The molecule has 0 aliphatic carbocycles. The van der Waals surface area contributed by atoms with E-state index in [2.05, 4.69) is 10.6 Å². The van der Waals surface area contributed by atoms with Gasteiger partial charge in [0.25, 0.3) is 11.6 Å². The minimum atomic E-state index is -0.616. The molecule has 3 aromatic carbocycles. The van der Waals surface area contributed by atoms with Crippen LogP contribution in [-0.2, 0) is 19.1 Å². The third kappa shape index (κ3) is 6.60. The summed E-state index contributed by atoms with van der Waals surface area (Å²) in [6, 6.07) is 17.6. The second kappa shape index (κ2) is 10.9. The number of hydrogen-bond acceptors (Lipinski definition) is 6. The van der Waals surface area contributed by atoms with E-state index in [9.17, 15) is 24.5 Å². The molecule has 0 aliphatic heterocycles. The summed E-state index contributed by atoms with van der Waals surface area (Å²) in [5.41, 5.74) is 1.28. The first-order valence-corrected chi connectivity index (χ1v) is 10.3. The highest BCUT2D eigenvalue weighted by Crippen LogP contribution is 2.23. The molecule has 0 aliphatic rings. The molecule has 2 N–H and O–H groups in total. The molecule has 33 heavy (non-hydrogen) atoms. The molecule has 2 amide bonds. The Morgan fingerprint density at radius 3 is 2.48 bits per heavy atom. The summed E-state index contributed by atoms with van der Waals surface area (Å²) in [5, 5.41) is 18.2. The molecule has 3 rings (SSSR count). The van der Waals surface area contributed by atoms with Gasteiger partial charge in [-0.15, -0.1) is 0 Å². The maximum atomic E-state index is 12.2. The number of esters is 1. The lowest BCUT2D eigenvalue weighted by Crippen LogP contribution is -2.21. The SMILES string of the molecule is Cc1ccc(NC(=O)COC(=O)CCCC(=O)Nc2cccc3ccccc23)cc1[N+](=O)[O-]. The van der Waals surface area contributed by atoms with Crippen molar-refractivity contribution in [1.82, 2.24) is 0 Å². The number of benzene rings is 3. The quantitative estimate of drug-likeness (QED) is 0.284. The molecule has 0 saturated heterocycles. The molecule has 0 saturated carbocycles.